The molecular weight excluding hydrogens is 417 g/mol. The Balaban J connectivity index is 0.00000420. The lowest BCUT2D eigenvalue weighted by atomic mass is 9.99. The summed E-state index contributed by atoms with van der Waals surface area (Å²) in [6, 6.07) is 13.6. The minimum absolute atomic E-state index is 0. The van der Waals surface area contributed by atoms with E-state index in [0.717, 1.165) is 30.2 Å². The number of benzene rings is 2. The second-order valence-corrected chi connectivity index (χ2v) is 8.76. The molecule has 0 aliphatic carbocycles. The zero-order valence-corrected chi connectivity index (χ0v) is 18.6. The average Bonchev–Trinajstić information content (AvgIpc) is 2.64. The van der Waals surface area contributed by atoms with Crippen LogP contribution in [0.3, 0.4) is 0 Å². The largest absolute Gasteiger partial charge is 0.493 e. The molecule has 0 radical (unpaired) electrons. The van der Waals surface area contributed by atoms with Gasteiger partial charge >= 0.3 is 0 Å². The fourth-order valence-corrected chi connectivity index (χ4v) is 3.71. The Labute approximate surface area is 179 Å². The maximum Gasteiger partial charge on any atom is 0.209 e. The van der Waals surface area contributed by atoms with E-state index in [2.05, 4.69) is 4.72 Å². The Morgan fingerprint density at radius 2 is 1.66 bits per heavy atom. The average molecular weight is 446 g/mol. The maximum atomic E-state index is 13.0. The van der Waals surface area contributed by atoms with E-state index in [0.29, 0.717) is 19.0 Å². The molecule has 8 heteroatoms. The molecule has 162 valence electrons. The van der Waals surface area contributed by atoms with Crippen molar-refractivity contribution < 1.29 is 22.3 Å². The summed E-state index contributed by atoms with van der Waals surface area (Å²) in [5.74, 6) is 0.560. The Morgan fingerprint density at radius 3 is 2.21 bits per heavy atom. The van der Waals surface area contributed by atoms with Crippen LogP contribution < -0.4 is 9.46 Å². The van der Waals surface area contributed by atoms with Gasteiger partial charge in [-0.25, -0.2) is 17.5 Å². The number of hydrogen-bond donors (Lipinski definition) is 1. The lowest BCUT2D eigenvalue weighted by molar-refractivity contribution is 0.113. The van der Waals surface area contributed by atoms with Gasteiger partial charge in [0.25, 0.3) is 0 Å². The fraction of sp³-hybridized carbons (Fsp3) is 0.429. The molecule has 0 spiro atoms. The van der Waals surface area contributed by atoms with E-state index in [1.54, 1.807) is 19.2 Å². The molecule has 0 heterocycles. The molecule has 0 saturated heterocycles. The SMILES string of the molecule is COCC(CCc1ccc([C@@H](C)NS(C)(=O)=O)cc1)COc1ccc(F)cc1.Cl. The molecule has 2 rings (SSSR count). The van der Waals surface area contributed by atoms with Crippen molar-refractivity contribution in [2.75, 3.05) is 26.6 Å². The third-order valence-electron chi connectivity index (χ3n) is 4.41. The number of methoxy groups -OCH3 is 1. The second kappa shape index (κ2) is 12.1. The Hall–Kier alpha value is -1.67. The van der Waals surface area contributed by atoms with Crippen LogP contribution in [0.25, 0.3) is 0 Å². The Kier molecular flexibility index (Phi) is 10.6. The zero-order valence-electron chi connectivity index (χ0n) is 16.9. The van der Waals surface area contributed by atoms with Crippen molar-refractivity contribution in [1.29, 1.82) is 0 Å². The van der Waals surface area contributed by atoms with E-state index < -0.39 is 10.0 Å². The van der Waals surface area contributed by atoms with Gasteiger partial charge in [0.2, 0.25) is 10.0 Å². The summed E-state index contributed by atoms with van der Waals surface area (Å²) in [5.41, 5.74) is 2.08. The molecule has 0 aliphatic heterocycles. The van der Waals surface area contributed by atoms with Crippen molar-refractivity contribution in [2.45, 2.75) is 25.8 Å². The summed E-state index contributed by atoms with van der Waals surface area (Å²) in [5, 5.41) is 0. The molecule has 0 amide bonds. The van der Waals surface area contributed by atoms with Crippen LogP contribution in [0, 0.1) is 11.7 Å². The quantitative estimate of drug-likeness (QED) is 0.564. The van der Waals surface area contributed by atoms with Gasteiger partial charge in [-0.3, -0.25) is 0 Å². The molecule has 5 nitrogen and oxygen atoms in total. The molecule has 1 N–H and O–H groups in total. The highest BCUT2D eigenvalue weighted by Gasteiger charge is 2.13. The van der Waals surface area contributed by atoms with E-state index in [4.69, 9.17) is 9.47 Å². The van der Waals surface area contributed by atoms with Gasteiger partial charge in [-0.15, -0.1) is 12.4 Å². The van der Waals surface area contributed by atoms with Gasteiger partial charge in [-0.2, -0.15) is 0 Å². The Bertz CT molecular complexity index is 829. The monoisotopic (exact) mass is 445 g/mol. The summed E-state index contributed by atoms with van der Waals surface area (Å²) in [7, 11) is -1.58. The summed E-state index contributed by atoms with van der Waals surface area (Å²) < 4.78 is 49.3. The number of halogens is 2. The molecule has 1 unspecified atom stereocenters. The lowest BCUT2D eigenvalue weighted by Gasteiger charge is -2.17. The lowest BCUT2D eigenvalue weighted by Crippen LogP contribution is -2.25. The van der Waals surface area contributed by atoms with E-state index in [9.17, 15) is 12.8 Å². The number of aryl methyl sites for hydroxylation is 1. The van der Waals surface area contributed by atoms with Crippen LogP contribution in [-0.2, 0) is 21.2 Å². The van der Waals surface area contributed by atoms with Crippen LogP contribution in [0.1, 0.15) is 30.5 Å². The molecule has 0 saturated carbocycles. The molecule has 2 aromatic carbocycles. The zero-order chi connectivity index (χ0) is 20.6. The van der Waals surface area contributed by atoms with Crippen LogP contribution in [0.4, 0.5) is 4.39 Å². The van der Waals surface area contributed by atoms with E-state index >= 15 is 0 Å². The van der Waals surface area contributed by atoms with E-state index in [1.165, 1.54) is 12.1 Å². The topological polar surface area (TPSA) is 64.6 Å². The number of hydrogen-bond acceptors (Lipinski definition) is 4. The fourth-order valence-electron chi connectivity index (χ4n) is 2.93. The third-order valence-corrected chi connectivity index (χ3v) is 5.20. The molecular formula is C21H29ClFNO4S. The van der Waals surface area contributed by atoms with Crippen molar-refractivity contribution in [3.05, 3.63) is 65.5 Å². The van der Waals surface area contributed by atoms with Crippen molar-refractivity contribution in [1.82, 2.24) is 4.72 Å². The van der Waals surface area contributed by atoms with Crippen LogP contribution in [-0.4, -0.2) is 35.0 Å². The van der Waals surface area contributed by atoms with Crippen molar-refractivity contribution in [2.24, 2.45) is 5.92 Å². The van der Waals surface area contributed by atoms with Crippen molar-refractivity contribution in [3.63, 3.8) is 0 Å². The van der Waals surface area contributed by atoms with Gasteiger partial charge in [0.05, 0.1) is 19.5 Å². The van der Waals surface area contributed by atoms with Gasteiger partial charge in [0.1, 0.15) is 11.6 Å². The first-order valence-electron chi connectivity index (χ1n) is 9.20. The van der Waals surface area contributed by atoms with Crippen LogP contribution in [0.15, 0.2) is 48.5 Å². The summed E-state index contributed by atoms with van der Waals surface area (Å²) >= 11 is 0. The predicted octanol–water partition coefficient (Wildman–Crippen LogP) is 4.13. The third kappa shape index (κ3) is 9.58. The molecule has 0 aliphatic rings. The first-order chi connectivity index (χ1) is 13.3. The summed E-state index contributed by atoms with van der Waals surface area (Å²) in [4.78, 5) is 0. The van der Waals surface area contributed by atoms with E-state index in [1.807, 2.05) is 31.2 Å². The van der Waals surface area contributed by atoms with Gasteiger partial charge < -0.3 is 9.47 Å². The molecule has 29 heavy (non-hydrogen) atoms. The minimum Gasteiger partial charge on any atom is -0.493 e. The highest BCUT2D eigenvalue weighted by Crippen LogP contribution is 2.18. The minimum atomic E-state index is -3.24. The predicted molar refractivity (Wildman–Crippen MR) is 116 cm³/mol. The Morgan fingerprint density at radius 1 is 1.03 bits per heavy atom. The van der Waals surface area contributed by atoms with Crippen LogP contribution in [0.2, 0.25) is 0 Å². The number of nitrogens with one attached hydrogen (secondary N) is 1. The highest BCUT2D eigenvalue weighted by atomic mass is 35.5. The first-order valence-corrected chi connectivity index (χ1v) is 11.1. The molecule has 2 aromatic rings. The number of ether oxygens (including phenoxy) is 2. The molecule has 2 atom stereocenters. The van der Waals surface area contributed by atoms with Gasteiger partial charge in [0, 0.05) is 19.1 Å². The summed E-state index contributed by atoms with van der Waals surface area (Å²) in [6.45, 7) is 2.89. The van der Waals surface area contributed by atoms with Crippen molar-refractivity contribution >= 4 is 22.4 Å². The number of rotatable bonds is 11. The molecule has 0 aromatic heterocycles. The van der Waals surface area contributed by atoms with E-state index in [-0.39, 0.29) is 30.2 Å². The van der Waals surface area contributed by atoms with Gasteiger partial charge in [-0.05, 0) is 55.2 Å². The van der Waals surface area contributed by atoms with Gasteiger partial charge in [-0.1, -0.05) is 24.3 Å². The maximum absolute atomic E-state index is 13.0. The van der Waals surface area contributed by atoms with Crippen molar-refractivity contribution in [3.8, 4) is 5.75 Å². The summed E-state index contributed by atoms with van der Waals surface area (Å²) in [6.07, 6.45) is 2.89. The standard InChI is InChI=1S/C21H28FNO4S.ClH/c1-16(23-28(3,24)25)19-8-6-17(7-9-19)4-5-18(14-26-2)15-27-21-12-10-20(22)11-13-21;/h6-13,16,18,23H,4-5,14-15H2,1-3H3;1H/t16-,18?;/m1./s1. The van der Waals surface area contributed by atoms with Crippen LogP contribution in [0.5, 0.6) is 5.75 Å². The molecule has 0 fully saturated rings. The molecule has 0 bridgehead atoms. The second-order valence-electron chi connectivity index (χ2n) is 6.98. The first kappa shape index (κ1) is 25.4. The smallest absolute Gasteiger partial charge is 0.209 e. The highest BCUT2D eigenvalue weighted by molar-refractivity contribution is 7.88. The normalized spacial score (nSPS) is 13.4. The van der Waals surface area contributed by atoms with Crippen LogP contribution >= 0.6 is 12.4 Å². The van der Waals surface area contributed by atoms with Gasteiger partial charge in [0.15, 0.2) is 0 Å². The number of sulfonamides is 1.